The molecule has 0 bridgehead atoms. The van der Waals surface area contributed by atoms with Gasteiger partial charge in [0.05, 0.1) is 6.10 Å². The lowest BCUT2D eigenvalue weighted by molar-refractivity contribution is -0.141. The Hall–Kier alpha value is -1.34. The lowest BCUT2D eigenvalue weighted by Crippen LogP contribution is -2.55. The maximum Gasteiger partial charge on any atom is 0.326 e. The molecule has 0 aromatic carbocycles. The molecule has 0 radical (unpaired) electrons. The summed E-state index contributed by atoms with van der Waals surface area (Å²) in [5.41, 5.74) is 0. The summed E-state index contributed by atoms with van der Waals surface area (Å²) < 4.78 is 0. The number of nitrogens with zero attached hydrogens (tertiary/aromatic N) is 3. The van der Waals surface area contributed by atoms with Crippen molar-refractivity contribution in [2.24, 2.45) is 0 Å². The first kappa shape index (κ1) is 13.6. The summed E-state index contributed by atoms with van der Waals surface area (Å²) in [7, 11) is 0. The Bertz CT molecular complexity index is 404. The summed E-state index contributed by atoms with van der Waals surface area (Å²) in [5.74, 6) is -1.04. The summed E-state index contributed by atoms with van der Waals surface area (Å²) in [6.07, 6.45) is 1.91. The van der Waals surface area contributed by atoms with Crippen molar-refractivity contribution in [2.75, 3.05) is 32.7 Å². The molecular formula is C13H21N3O4. The van der Waals surface area contributed by atoms with E-state index in [1.807, 2.05) is 0 Å². The monoisotopic (exact) mass is 283 g/mol. The van der Waals surface area contributed by atoms with Crippen molar-refractivity contribution < 1.29 is 19.8 Å². The molecule has 3 fully saturated rings. The van der Waals surface area contributed by atoms with Crippen molar-refractivity contribution in [3.8, 4) is 0 Å². The summed E-state index contributed by atoms with van der Waals surface area (Å²) >= 11 is 0. The van der Waals surface area contributed by atoms with E-state index in [1.54, 1.807) is 4.90 Å². The first-order chi connectivity index (χ1) is 9.56. The Morgan fingerprint density at radius 3 is 2.25 bits per heavy atom. The number of carbonyl (C=O) groups excluding carboxylic acids is 1. The zero-order valence-corrected chi connectivity index (χ0v) is 11.4. The number of carboxylic acids is 1. The molecule has 7 nitrogen and oxygen atoms in total. The van der Waals surface area contributed by atoms with Crippen LogP contribution in [0.4, 0.5) is 4.79 Å². The van der Waals surface area contributed by atoms with Crippen molar-refractivity contribution in [2.45, 2.75) is 37.5 Å². The number of β-amino-alcohol motifs (C(OH)–C–C–N with tert-alkyl or cyclic N) is 1. The number of hydrogen-bond donors (Lipinski definition) is 2. The minimum atomic E-state index is -1.04. The van der Waals surface area contributed by atoms with Gasteiger partial charge in [0.1, 0.15) is 6.04 Å². The maximum absolute atomic E-state index is 12.4. The Kier molecular flexibility index (Phi) is 3.55. The average molecular weight is 283 g/mol. The third kappa shape index (κ3) is 2.60. The third-order valence-electron chi connectivity index (χ3n) is 4.46. The second kappa shape index (κ2) is 5.21. The molecule has 1 saturated carbocycles. The molecule has 2 atom stereocenters. The number of amides is 2. The summed E-state index contributed by atoms with van der Waals surface area (Å²) in [6.45, 7) is 3.15. The molecule has 0 aromatic heterocycles. The third-order valence-corrected chi connectivity index (χ3v) is 4.46. The highest BCUT2D eigenvalue weighted by Gasteiger charge is 2.41. The number of likely N-dealkylation sites (tertiary alicyclic amines) is 1. The zero-order valence-electron chi connectivity index (χ0n) is 11.4. The molecule has 2 heterocycles. The summed E-state index contributed by atoms with van der Waals surface area (Å²) in [6, 6.07) is -0.434. The van der Waals surface area contributed by atoms with Crippen LogP contribution in [-0.2, 0) is 4.79 Å². The Morgan fingerprint density at radius 2 is 1.70 bits per heavy atom. The maximum atomic E-state index is 12.4. The average Bonchev–Trinajstić information content (AvgIpc) is 3.20. The number of aliphatic carboxylic acids is 1. The van der Waals surface area contributed by atoms with Crippen LogP contribution in [0.2, 0.25) is 0 Å². The second-order valence-electron chi connectivity index (χ2n) is 5.93. The number of carbonyl (C=O) groups is 2. The second-order valence-corrected chi connectivity index (χ2v) is 5.93. The number of urea groups is 1. The van der Waals surface area contributed by atoms with Crippen LogP contribution in [0, 0.1) is 0 Å². The van der Waals surface area contributed by atoms with E-state index in [9.17, 15) is 14.7 Å². The van der Waals surface area contributed by atoms with Gasteiger partial charge in [-0.2, -0.15) is 0 Å². The van der Waals surface area contributed by atoms with E-state index in [2.05, 4.69) is 4.90 Å². The van der Waals surface area contributed by atoms with Crippen molar-refractivity contribution in [1.82, 2.24) is 14.7 Å². The quantitative estimate of drug-likeness (QED) is 0.707. The molecule has 2 aliphatic heterocycles. The van der Waals surface area contributed by atoms with Gasteiger partial charge in [0.2, 0.25) is 0 Å². The van der Waals surface area contributed by atoms with Crippen LogP contribution in [0.1, 0.15) is 19.3 Å². The van der Waals surface area contributed by atoms with E-state index in [0.29, 0.717) is 19.1 Å². The molecule has 3 rings (SSSR count). The van der Waals surface area contributed by atoms with Crippen molar-refractivity contribution in [1.29, 1.82) is 0 Å². The van der Waals surface area contributed by atoms with Gasteiger partial charge in [-0.3, -0.25) is 4.90 Å². The zero-order chi connectivity index (χ0) is 14.3. The van der Waals surface area contributed by atoms with Crippen LogP contribution >= 0.6 is 0 Å². The highest BCUT2D eigenvalue weighted by molar-refractivity contribution is 5.83. The van der Waals surface area contributed by atoms with Gasteiger partial charge in [-0.25, -0.2) is 9.59 Å². The number of piperazine rings is 1. The largest absolute Gasteiger partial charge is 0.480 e. The van der Waals surface area contributed by atoms with E-state index in [0.717, 1.165) is 13.1 Å². The highest BCUT2D eigenvalue weighted by atomic mass is 16.4. The molecule has 0 aromatic rings. The van der Waals surface area contributed by atoms with Gasteiger partial charge in [-0.1, -0.05) is 0 Å². The van der Waals surface area contributed by atoms with Gasteiger partial charge in [-0.15, -0.1) is 0 Å². The Labute approximate surface area is 117 Å². The minimum Gasteiger partial charge on any atom is -0.480 e. The predicted octanol–water partition coefficient (Wildman–Crippen LogP) is -0.594. The van der Waals surface area contributed by atoms with Crippen LogP contribution in [0.3, 0.4) is 0 Å². The normalized spacial score (nSPS) is 31.6. The first-order valence-corrected chi connectivity index (χ1v) is 7.26. The molecule has 2 saturated heterocycles. The van der Waals surface area contributed by atoms with Crippen LogP contribution in [0.15, 0.2) is 0 Å². The molecule has 2 N–H and O–H groups in total. The molecule has 7 heteroatoms. The van der Waals surface area contributed by atoms with Gasteiger partial charge < -0.3 is 20.0 Å². The molecule has 0 spiro atoms. The van der Waals surface area contributed by atoms with Gasteiger partial charge in [0.15, 0.2) is 0 Å². The van der Waals surface area contributed by atoms with E-state index in [-0.39, 0.29) is 19.0 Å². The first-order valence-electron chi connectivity index (χ1n) is 7.26. The van der Waals surface area contributed by atoms with E-state index in [4.69, 9.17) is 5.11 Å². The number of aliphatic hydroxyl groups excluding tert-OH is 1. The molecule has 2 amide bonds. The molecule has 1 aliphatic carbocycles. The fourth-order valence-corrected chi connectivity index (χ4v) is 3.16. The SMILES string of the molecule is O=C(O)[C@@H]1CC(O)CN1C(=O)N1CCN(C2CC2)CC1. The van der Waals surface area contributed by atoms with Gasteiger partial charge >= 0.3 is 12.0 Å². The Balaban J connectivity index is 1.59. The number of aliphatic hydroxyl groups is 1. The predicted molar refractivity (Wildman–Crippen MR) is 70.3 cm³/mol. The summed E-state index contributed by atoms with van der Waals surface area (Å²) in [4.78, 5) is 29.0. The number of carboxylic acid groups (broad SMARTS) is 1. The van der Waals surface area contributed by atoms with Crippen LogP contribution < -0.4 is 0 Å². The van der Waals surface area contributed by atoms with E-state index >= 15 is 0 Å². The van der Waals surface area contributed by atoms with Crippen molar-refractivity contribution in [3.05, 3.63) is 0 Å². The number of hydrogen-bond acceptors (Lipinski definition) is 4. The van der Waals surface area contributed by atoms with Crippen molar-refractivity contribution >= 4 is 12.0 Å². The molecule has 3 aliphatic rings. The lowest BCUT2D eigenvalue weighted by atomic mass is 10.2. The van der Waals surface area contributed by atoms with Gasteiger partial charge in [-0.05, 0) is 12.8 Å². The highest BCUT2D eigenvalue weighted by Crippen LogP contribution is 2.28. The minimum absolute atomic E-state index is 0.124. The number of rotatable bonds is 2. The fraction of sp³-hybridized carbons (Fsp3) is 0.846. The molecule has 20 heavy (non-hydrogen) atoms. The van der Waals surface area contributed by atoms with Crippen LogP contribution in [-0.4, -0.2) is 87.8 Å². The fourth-order valence-electron chi connectivity index (χ4n) is 3.16. The van der Waals surface area contributed by atoms with Crippen molar-refractivity contribution in [3.63, 3.8) is 0 Å². The lowest BCUT2D eigenvalue weighted by Gasteiger charge is -2.37. The molecule has 1 unspecified atom stereocenters. The standard InChI is InChI=1S/C13H21N3O4/c17-10-7-11(12(18)19)16(8-10)13(20)15-5-3-14(4-6-15)9-1-2-9/h9-11,17H,1-8H2,(H,18,19)/t10?,11-/m0/s1. The van der Waals surface area contributed by atoms with E-state index in [1.165, 1.54) is 17.7 Å². The topological polar surface area (TPSA) is 84.3 Å². The molecule has 112 valence electrons. The Morgan fingerprint density at radius 1 is 1.05 bits per heavy atom. The van der Waals surface area contributed by atoms with Crippen LogP contribution in [0.25, 0.3) is 0 Å². The smallest absolute Gasteiger partial charge is 0.326 e. The summed E-state index contributed by atoms with van der Waals surface area (Å²) in [5, 5.41) is 18.7. The van der Waals surface area contributed by atoms with E-state index < -0.39 is 18.1 Å². The van der Waals surface area contributed by atoms with Gasteiger partial charge in [0.25, 0.3) is 0 Å². The molecular weight excluding hydrogens is 262 g/mol. The van der Waals surface area contributed by atoms with Gasteiger partial charge in [0, 0.05) is 45.2 Å². The van der Waals surface area contributed by atoms with Crippen LogP contribution in [0.5, 0.6) is 0 Å².